The van der Waals surface area contributed by atoms with Gasteiger partial charge in [-0.05, 0) is 59.5 Å². The predicted octanol–water partition coefficient (Wildman–Crippen LogP) is 12.4. The van der Waals surface area contributed by atoms with E-state index in [4.69, 9.17) is 19.4 Å². The average Bonchev–Trinajstić information content (AvgIpc) is 3.87. The van der Waals surface area contributed by atoms with Gasteiger partial charge in [0.15, 0.2) is 5.71 Å². The quantitative estimate of drug-likeness (QED) is 0.123. The Bertz CT molecular complexity index is 2630. The number of hydrogen-bond donors (Lipinski definition) is 0. The maximum absolute atomic E-state index is 6.17. The van der Waals surface area contributed by atoms with Crippen LogP contribution in [0.25, 0.3) is 66.6 Å². The molecule has 1 fully saturated rings. The van der Waals surface area contributed by atoms with E-state index in [0.29, 0.717) is 5.71 Å². The Hall–Kier alpha value is -4.42. The molecule has 0 unspecified atom stereocenters. The Morgan fingerprint density at radius 2 is 1.57 bits per heavy atom. The maximum atomic E-state index is 6.17. The van der Waals surface area contributed by atoms with Crippen LogP contribution < -0.4 is 4.40 Å². The Labute approximate surface area is 346 Å². The van der Waals surface area contributed by atoms with Crippen LogP contribution in [0.15, 0.2) is 120 Å². The summed E-state index contributed by atoms with van der Waals surface area (Å²) < 4.78 is 7.76. The van der Waals surface area contributed by atoms with Crippen molar-refractivity contribution in [3.05, 3.63) is 144 Å². The summed E-state index contributed by atoms with van der Waals surface area (Å²) in [5.74, 6) is 8.31. The largest absolute Gasteiger partial charge is 0.482 e. The fourth-order valence-electron chi connectivity index (χ4n) is 8.78. The van der Waals surface area contributed by atoms with Gasteiger partial charge in [0.25, 0.3) is 0 Å². The second-order valence-electron chi connectivity index (χ2n) is 16.4. The first-order valence-electron chi connectivity index (χ1n) is 20.1. The summed E-state index contributed by atoms with van der Waals surface area (Å²) in [4.78, 5) is 14.4. The molecular weight excluding hydrogens is 923 g/mol. The van der Waals surface area contributed by atoms with Crippen molar-refractivity contribution in [1.82, 2.24) is 15.0 Å². The van der Waals surface area contributed by atoms with E-state index in [9.17, 15) is 0 Å². The normalized spacial score (nSPS) is 14.3. The molecule has 0 aliphatic heterocycles. The predicted molar refractivity (Wildman–Crippen MR) is 230 cm³/mol. The van der Waals surface area contributed by atoms with Crippen LogP contribution in [0.2, 0.25) is 17.3 Å². The van der Waals surface area contributed by atoms with E-state index in [1.165, 1.54) is 66.8 Å². The van der Waals surface area contributed by atoms with Gasteiger partial charge in [-0.2, -0.15) is 0 Å². The molecule has 0 amide bonds. The molecule has 4 aromatic carbocycles. The zero-order chi connectivity index (χ0) is 37.4. The summed E-state index contributed by atoms with van der Waals surface area (Å²) in [7, 11) is 0. The molecule has 0 saturated heterocycles. The number of rotatable bonds is 6. The van der Waals surface area contributed by atoms with E-state index in [2.05, 4.69) is 121 Å². The van der Waals surface area contributed by atoms with Gasteiger partial charge in [0.1, 0.15) is 0 Å². The molecule has 0 N–H and O–H groups in total. The minimum Gasteiger partial charge on any atom is -0.482 e. The second kappa shape index (κ2) is 16.6. The molecular formula is C50H47GeIrN3O-2. The molecule has 0 bridgehead atoms. The third kappa shape index (κ3) is 7.92. The van der Waals surface area contributed by atoms with Crippen molar-refractivity contribution < 1.29 is 24.5 Å². The first kappa shape index (κ1) is 38.5. The fraction of sp³-hybridized carbons (Fsp3) is 0.260. The fourth-order valence-corrected chi connectivity index (χ4v) is 12.1. The van der Waals surface area contributed by atoms with Crippen LogP contribution in [0.3, 0.4) is 0 Å². The van der Waals surface area contributed by atoms with Crippen LogP contribution in [0.4, 0.5) is 0 Å². The minimum absolute atomic E-state index is 0. The third-order valence-corrected chi connectivity index (χ3v) is 15.9. The van der Waals surface area contributed by atoms with Gasteiger partial charge in [-0.3, -0.25) is 4.98 Å². The molecule has 2 aliphatic rings. The van der Waals surface area contributed by atoms with E-state index in [-0.39, 0.29) is 20.1 Å². The van der Waals surface area contributed by atoms with Crippen molar-refractivity contribution in [2.75, 3.05) is 0 Å². The van der Waals surface area contributed by atoms with Crippen molar-refractivity contribution in [1.29, 1.82) is 0 Å². The molecule has 4 aromatic heterocycles. The Balaban J connectivity index is 0.000000168. The number of furan rings is 1. The molecule has 2 aliphatic carbocycles. The molecule has 0 spiro atoms. The summed E-state index contributed by atoms with van der Waals surface area (Å²) in [6.07, 6.45) is 15.7. The second-order valence-corrected chi connectivity index (χ2v) is 27.0. The molecule has 10 rings (SSSR count). The number of hydrogen-bond acceptors (Lipinski definition) is 4. The topological polar surface area (TPSA) is 51.8 Å². The van der Waals surface area contributed by atoms with Crippen molar-refractivity contribution >= 4 is 50.5 Å². The number of aryl methyl sites for hydroxylation is 1. The molecule has 4 nitrogen and oxygen atoms in total. The van der Waals surface area contributed by atoms with E-state index in [1.54, 1.807) is 9.96 Å². The molecule has 1 saturated carbocycles. The van der Waals surface area contributed by atoms with Crippen LogP contribution in [-0.4, -0.2) is 28.2 Å². The number of pyridine rings is 3. The van der Waals surface area contributed by atoms with Crippen LogP contribution in [-0.2, 0) is 39.4 Å². The van der Waals surface area contributed by atoms with Crippen LogP contribution >= 0.6 is 0 Å². The van der Waals surface area contributed by atoms with Gasteiger partial charge in [-0.1, -0.05) is 71.1 Å². The van der Waals surface area contributed by atoms with Gasteiger partial charge < -0.3 is 4.42 Å². The third-order valence-electron chi connectivity index (χ3n) is 11.6. The zero-order valence-electron chi connectivity index (χ0n) is 32.5. The summed E-state index contributed by atoms with van der Waals surface area (Å²) in [5, 5.41) is 4.35. The van der Waals surface area contributed by atoms with Gasteiger partial charge in [-0.15, -0.1) is 12.1 Å². The Kier molecular flexibility index (Phi) is 11.4. The summed E-state index contributed by atoms with van der Waals surface area (Å²) in [6.45, 7) is 0. The van der Waals surface area contributed by atoms with E-state index < -0.39 is 13.3 Å². The molecule has 8 aromatic rings. The molecule has 4 heterocycles. The zero-order valence-corrected chi connectivity index (χ0v) is 37.0. The first-order valence-corrected chi connectivity index (χ1v) is 27.4. The Morgan fingerprint density at radius 3 is 2.41 bits per heavy atom. The standard InChI is InChI=1S/C30H21N2O.C20H26GeN.Ir/c1-3-9-22-19(6-1)8-5-11-24(22)27-14-13-25-26-18-21(12-15-28(26)33-30(25)32-27)29-23-10-4-2-7-20(23)16-17-31-29;1-21(2,3)19-15-22-20(17-11-5-4-6-12-17)14-18(19)13-16-9-7-8-10-16;/h1,3,5-6,8-9,11-17H,2,4,7,10H2;4-6,11,14-16H,7-10,13H2,1-3H3;/q2*-1;. The summed E-state index contributed by atoms with van der Waals surface area (Å²) in [6, 6.07) is 42.7. The van der Waals surface area contributed by atoms with Crippen LogP contribution in [0.5, 0.6) is 0 Å². The SMILES string of the molecule is [CH3][Ge]([CH3])([CH3])[c]1cnc(-c2[c-]cccc2)cc1CC1CCCC1.[Ir].[c-]1c(-c2nccc3c2CCCC3)ccc2oc3nc(-c4cccc5ccccc45)ccc3c12. The van der Waals surface area contributed by atoms with Gasteiger partial charge in [0.2, 0.25) is 0 Å². The van der Waals surface area contributed by atoms with Crippen molar-refractivity contribution in [2.24, 2.45) is 5.92 Å². The molecule has 56 heavy (non-hydrogen) atoms. The van der Waals surface area contributed by atoms with E-state index in [1.807, 2.05) is 24.4 Å². The van der Waals surface area contributed by atoms with Crippen LogP contribution in [0, 0.1) is 18.1 Å². The molecule has 0 atom stereocenters. The maximum Gasteiger partial charge on any atom is 0.183 e. The van der Waals surface area contributed by atoms with Crippen molar-refractivity contribution in [2.45, 2.75) is 75.1 Å². The summed E-state index contributed by atoms with van der Waals surface area (Å²) >= 11 is -1.87. The van der Waals surface area contributed by atoms with E-state index >= 15 is 0 Å². The number of benzene rings is 4. The number of fused-ring (bicyclic) bond motifs is 5. The van der Waals surface area contributed by atoms with Gasteiger partial charge in [0.05, 0.1) is 11.3 Å². The first-order chi connectivity index (χ1) is 26.9. The van der Waals surface area contributed by atoms with E-state index in [0.717, 1.165) is 68.9 Å². The van der Waals surface area contributed by atoms with Crippen molar-refractivity contribution in [3.8, 4) is 33.8 Å². The minimum atomic E-state index is -1.87. The summed E-state index contributed by atoms with van der Waals surface area (Å²) in [5.41, 5.74) is 12.1. The van der Waals surface area contributed by atoms with Crippen LogP contribution in [0.1, 0.15) is 55.2 Å². The van der Waals surface area contributed by atoms with Crippen molar-refractivity contribution in [3.63, 3.8) is 0 Å². The van der Waals surface area contributed by atoms with Gasteiger partial charge in [0, 0.05) is 37.6 Å². The monoisotopic (exact) mass is 972 g/mol. The number of nitrogens with zero attached hydrogens (tertiary/aromatic N) is 3. The van der Waals surface area contributed by atoms with Gasteiger partial charge >= 0.3 is 137 Å². The molecule has 6 heteroatoms. The Morgan fingerprint density at radius 1 is 0.750 bits per heavy atom. The molecule has 283 valence electrons. The average molecular weight is 971 g/mol. The number of aromatic nitrogens is 3. The van der Waals surface area contributed by atoms with Gasteiger partial charge in [-0.25, -0.2) is 4.98 Å². The molecule has 1 radical (unpaired) electrons. The smallest absolute Gasteiger partial charge is 0.183 e.